The van der Waals surface area contributed by atoms with Gasteiger partial charge in [-0.3, -0.25) is 0 Å². The van der Waals surface area contributed by atoms with Crippen LogP contribution < -0.4 is 4.74 Å². The largest absolute Gasteiger partial charge is 0.480 e. The summed E-state index contributed by atoms with van der Waals surface area (Å²) in [6.07, 6.45) is -0.120. The number of rotatable bonds is 7. The second-order valence-electron chi connectivity index (χ2n) is 8.72. The molecule has 1 N–H and O–H groups in total. The lowest BCUT2D eigenvalue weighted by Gasteiger charge is -2.43. The molecule has 1 heterocycles. The predicted molar refractivity (Wildman–Crippen MR) is 137 cm³/mol. The summed E-state index contributed by atoms with van der Waals surface area (Å²) in [6.45, 7) is 5.72. The van der Waals surface area contributed by atoms with Crippen LogP contribution in [0.2, 0.25) is 5.02 Å². The highest BCUT2D eigenvalue weighted by Crippen LogP contribution is 2.53. The van der Waals surface area contributed by atoms with Crippen LogP contribution in [0.4, 0.5) is 4.39 Å². The van der Waals surface area contributed by atoms with Gasteiger partial charge in [-0.1, -0.05) is 60.2 Å². The summed E-state index contributed by atoms with van der Waals surface area (Å²) in [5, 5.41) is 9.82. The lowest BCUT2D eigenvalue weighted by atomic mass is 9.74. The van der Waals surface area contributed by atoms with Crippen molar-refractivity contribution in [2.24, 2.45) is 5.92 Å². The van der Waals surface area contributed by atoms with E-state index in [1.54, 1.807) is 18.2 Å². The molecule has 35 heavy (non-hydrogen) atoms. The summed E-state index contributed by atoms with van der Waals surface area (Å²) >= 11 is 9.63. The fourth-order valence-corrected chi connectivity index (χ4v) is 5.26. The Labute approximate surface area is 217 Å². The normalized spacial score (nSPS) is 21.9. The van der Waals surface area contributed by atoms with E-state index in [2.05, 4.69) is 22.5 Å². The molecule has 1 aliphatic heterocycles. The highest BCUT2D eigenvalue weighted by Gasteiger charge is 2.41. The molecule has 0 aliphatic carbocycles. The SMILES string of the molecule is C=C(C)[C@H]1C[C@H](c2ccc(Cl)cc2)[C@H](c2ccc(F)cc2)O[C@@H]1c1cccc(Br)c1OCC(=O)O. The van der Waals surface area contributed by atoms with Crippen molar-refractivity contribution >= 4 is 33.5 Å². The number of carbonyl (C=O) groups is 1. The lowest BCUT2D eigenvalue weighted by molar-refractivity contribution is -0.139. The van der Waals surface area contributed by atoms with Crippen molar-refractivity contribution in [1.82, 2.24) is 0 Å². The lowest BCUT2D eigenvalue weighted by Crippen LogP contribution is -2.32. The number of para-hydroxylation sites is 1. The second kappa shape index (κ2) is 10.9. The molecular formula is C28H25BrClFO4. The summed E-state index contributed by atoms with van der Waals surface area (Å²) in [5.41, 5.74) is 3.58. The number of ether oxygens (including phenoxy) is 2. The fourth-order valence-electron chi connectivity index (χ4n) is 4.64. The summed E-state index contributed by atoms with van der Waals surface area (Å²) < 4.78 is 26.9. The number of benzene rings is 3. The summed E-state index contributed by atoms with van der Waals surface area (Å²) in [6, 6.07) is 19.6. The summed E-state index contributed by atoms with van der Waals surface area (Å²) in [5.74, 6) is -1.07. The molecule has 182 valence electrons. The van der Waals surface area contributed by atoms with Gasteiger partial charge in [0, 0.05) is 22.4 Å². The van der Waals surface area contributed by atoms with Crippen molar-refractivity contribution in [3.05, 3.63) is 111 Å². The van der Waals surface area contributed by atoms with Crippen LogP contribution in [0.1, 0.15) is 48.2 Å². The molecule has 0 radical (unpaired) electrons. The molecule has 1 fully saturated rings. The van der Waals surface area contributed by atoms with E-state index in [0.29, 0.717) is 21.7 Å². The molecule has 4 rings (SSSR count). The highest BCUT2D eigenvalue weighted by molar-refractivity contribution is 9.10. The molecule has 0 bridgehead atoms. The zero-order valence-corrected chi connectivity index (χ0v) is 21.4. The average molecular weight is 560 g/mol. The average Bonchev–Trinajstić information content (AvgIpc) is 2.83. The van der Waals surface area contributed by atoms with Crippen LogP contribution in [0.3, 0.4) is 0 Å². The minimum absolute atomic E-state index is 0.0359. The Bertz CT molecular complexity index is 1210. The minimum atomic E-state index is -1.07. The summed E-state index contributed by atoms with van der Waals surface area (Å²) in [7, 11) is 0. The van der Waals surface area contributed by atoms with Crippen molar-refractivity contribution in [1.29, 1.82) is 0 Å². The summed E-state index contributed by atoms with van der Waals surface area (Å²) in [4.78, 5) is 11.2. The third kappa shape index (κ3) is 5.77. The maximum Gasteiger partial charge on any atom is 0.341 e. The Morgan fingerprint density at radius 1 is 1.11 bits per heavy atom. The van der Waals surface area contributed by atoms with Crippen LogP contribution in [-0.4, -0.2) is 17.7 Å². The van der Waals surface area contributed by atoms with E-state index in [0.717, 1.165) is 22.3 Å². The second-order valence-corrected chi connectivity index (χ2v) is 10.0. The number of hydrogen-bond donors (Lipinski definition) is 1. The van der Waals surface area contributed by atoms with Crippen molar-refractivity contribution in [2.75, 3.05) is 6.61 Å². The minimum Gasteiger partial charge on any atom is -0.480 e. The van der Waals surface area contributed by atoms with Gasteiger partial charge in [0.2, 0.25) is 0 Å². The molecule has 0 amide bonds. The fraction of sp³-hybridized carbons (Fsp3) is 0.250. The van der Waals surface area contributed by atoms with E-state index in [-0.39, 0.29) is 23.8 Å². The molecule has 4 atom stereocenters. The van der Waals surface area contributed by atoms with E-state index in [1.165, 1.54) is 12.1 Å². The molecule has 4 nitrogen and oxygen atoms in total. The quantitative estimate of drug-likeness (QED) is 0.299. The number of aliphatic carboxylic acids is 1. The molecule has 1 saturated heterocycles. The monoisotopic (exact) mass is 558 g/mol. The third-order valence-electron chi connectivity index (χ3n) is 6.31. The van der Waals surface area contributed by atoms with E-state index in [9.17, 15) is 14.3 Å². The maximum atomic E-state index is 13.7. The van der Waals surface area contributed by atoms with E-state index >= 15 is 0 Å². The number of carboxylic acid groups (broad SMARTS) is 1. The van der Waals surface area contributed by atoms with Crippen molar-refractivity contribution in [2.45, 2.75) is 31.5 Å². The molecule has 0 spiro atoms. The first-order valence-electron chi connectivity index (χ1n) is 11.2. The van der Waals surface area contributed by atoms with Gasteiger partial charge in [-0.25, -0.2) is 9.18 Å². The van der Waals surface area contributed by atoms with E-state index in [4.69, 9.17) is 21.1 Å². The Kier molecular flexibility index (Phi) is 7.95. The molecule has 3 aromatic rings. The van der Waals surface area contributed by atoms with Gasteiger partial charge < -0.3 is 14.6 Å². The van der Waals surface area contributed by atoms with Crippen LogP contribution in [0, 0.1) is 11.7 Å². The van der Waals surface area contributed by atoms with Gasteiger partial charge >= 0.3 is 5.97 Å². The smallest absolute Gasteiger partial charge is 0.341 e. The van der Waals surface area contributed by atoms with Gasteiger partial charge in [0.1, 0.15) is 11.6 Å². The molecule has 0 unspecified atom stereocenters. The Hall–Kier alpha value is -2.67. The first kappa shape index (κ1) is 25.4. The van der Waals surface area contributed by atoms with Crippen LogP contribution in [0.15, 0.2) is 83.4 Å². The molecule has 7 heteroatoms. The van der Waals surface area contributed by atoms with Gasteiger partial charge in [-0.15, -0.1) is 0 Å². The molecule has 0 saturated carbocycles. The first-order chi connectivity index (χ1) is 16.7. The van der Waals surface area contributed by atoms with Crippen molar-refractivity contribution in [3.8, 4) is 5.75 Å². The zero-order valence-electron chi connectivity index (χ0n) is 19.1. The molecular weight excluding hydrogens is 535 g/mol. The topological polar surface area (TPSA) is 55.8 Å². The van der Waals surface area contributed by atoms with Crippen LogP contribution in [-0.2, 0) is 9.53 Å². The number of halogens is 3. The van der Waals surface area contributed by atoms with Gasteiger partial charge in [-0.05, 0) is 70.7 Å². The zero-order chi connectivity index (χ0) is 25.1. The maximum absolute atomic E-state index is 13.7. The number of hydrogen-bond acceptors (Lipinski definition) is 3. The van der Waals surface area contributed by atoms with Gasteiger partial charge in [0.25, 0.3) is 0 Å². The predicted octanol–water partition coefficient (Wildman–Crippen LogP) is 7.88. The number of carboxylic acids is 1. The highest BCUT2D eigenvalue weighted by atomic mass is 79.9. The molecule has 0 aromatic heterocycles. The van der Waals surface area contributed by atoms with E-state index < -0.39 is 18.7 Å². The van der Waals surface area contributed by atoms with E-state index in [1.807, 2.05) is 43.3 Å². The molecule has 1 aliphatic rings. The molecule has 3 aromatic carbocycles. The Balaban J connectivity index is 1.80. The van der Waals surface area contributed by atoms with Gasteiger partial charge in [0.15, 0.2) is 6.61 Å². The van der Waals surface area contributed by atoms with Crippen molar-refractivity contribution in [3.63, 3.8) is 0 Å². The van der Waals surface area contributed by atoms with Crippen molar-refractivity contribution < 1.29 is 23.8 Å². The first-order valence-corrected chi connectivity index (χ1v) is 12.4. The van der Waals surface area contributed by atoms with Gasteiger partial charge in [-0.2, -0.15) is 0 Å². The van der Waals surface area contributed by atoms with Crippen LogP contribution in [0.25, 0.3) is 0 Å². The van der Waals surface area contributed by atoms with Crippen LogP contribution in [0.5, 0.6) is 5.75 Å². The standard InChI is InChI=1S/C28H25BrClFO4/c1-16(2)22-14-23(17-6-10-19(30)11-7-17)26(18-8-12-20(31)13-9-18)35-27(22)21-4-3-5-24(29)28(21)34-15-25(32)33/h3-13,22-23,26-27H,1,14-15H2,2H3,(H,32,33)/t22-,23-,26+,27-/m1/s1. The Morgan fingerprint density at radius 3 is 2.40 bits per heavy atom. The third-order valence-corrected chi connectivity index (χ3v) is 7.18. The van der Waals surface area contributed by atoms with Crippen LogP contribution >= 0.6 is 27.5 Å². The Morgan fingerprint density at radius 2 is 1.77 bits per heavy atom. The van der Waals surface area contributed by atoms with Gasteiger partial charge in [0.05, 0.1) is 16.7 Å².